The van der Waals surface area contributed by atoms with Gasteiger partial charge in [0.25, 0.3) is 0 Å². The van der Waals surface area contributed by atoms with Gasteiger partial charge in [-0.1, -0.05) is 41.6 Å². The van der Waals surface area contributed by atoms with Gasteiger partial charge >= 0.3 is 0 Å². The van der Waals surface area contributed by atoms with E-state index < -0.39 is 0 Å². The molecule has 162 valence electrons. The van der Waals surface area contributed by atoms with Crippen LogP contribution in [0.2, 0.25) is 5.02 Å². The molecule has 31 heavy (non-hydrogen) atoms. The van der Waals surface area contributed by atoms with Crippen molar-refractivity contribution in [2.24, 2.45) is 0 Å². The molecular formula is C21H24ClN7OS. The molecule has 0 aliphatic carbocycles. The second-order valence-electron chi connectivity index (χ2n) is 7.45. The highest BCUT2D eigenvalue weighted by Crippen LogP contribution is 2.30. The first-order chi connectivity index (χ1) is 15.0. The highest BCUT2D eigenvalue weighted by molar-refractivity contribution is 7.99. The Hall–Kier alpha value is -2.62. The number of rotatable bonds is 6. The zero-order valence-electron chi connectivity index (χ0n) is 17.5. The zero-order valence-corrected chi connectivity index (χ0v) is 19.0. The van der Waals surface area contributed by atoms with Crippen molar-refractivity contribution < 1.29 is 4.79 Å². The van der Waals surface area contributed by atoms with Crippen LogP contribution in [0.4, 0.5) is 11.4 Å². The molecule has 3 aromatic rings. The number of likely N-dealkylation sites (N-methyl/N-ethyl adjacent to an activating group) is 1. The van der Waals surface area contributed by atoms with Crippen LogP contribution in [-0.2, 0) is 4.79 Å². The van der Waals surface area contributed by atoms with E-state index in [4.69, 9.17) is 11.6 Å². The van der Waals surface area contributed by atoms with E-state index in [-0.39, 0.29) is 11.7 Å². The SMILES string of the molecule is Cc1ccccc1-n1nnnc1SCC(=O)Nc1cc(Cl)ccc1N1CCN(C)CC1. The second kappa shape index (κ2) is 9.67. The van der Waals surface area contributed by atoms with Crippen LogP contribution in [0.1, 0.15) is 5.56 Å². The molecule has 1 fully saturated rings. The van der Waals surface area contributed by atoms with Gasteiger partial charge in [-0.05, 0) is 54.2 Å². The predicted octanol–water partition coefficient (Wildman–Crippen LogP) is 3.11. The van der Waals surface area contributed by atoms with Gasteiger partial charge in [0.1, 0.15) is 0 Å². The Balaban J connectivity index is 1.44. The van der Waals surface area contributed by atoms with Gasteiger partial charge in [-0.25, -0.2) is 0 Å². The van der Waals surface area contributed by atoms with Gasteiger partial charge in [-0.3, -0.25) is 4.79 Å². The van der Waals surface area contributed by atoms with Crippen LogP contribution in [0.3, 0.4) is 0 Å². The Labute approximate surface area is 190 Å². The van der Waals surface area contributed by atoms with E-state index in [2.05, 4.69) is 37.7 Å². The number of anilines is 2. The average Bonchev–Trinajstić information content (AvgIpc) is 3.22. The summed E-state index contributed by atoms with van der Waals surface area (Å²) in [5, 5.41) is 16.1. The number of nitrogens with zero attached hydrogens (tertiary/aromatic N) is 6. The number of para-hydroxylation sites is 1. The summed E-state index contributed by atoms with van der Waals surface area (Å²) in [7, 11) is 2.11. The molecule has 1 aliphatic rings. The van der Waals surface area contributed by atoms with Crippen LogP contribution in [-0.4, -0.2) is 70.0 Å². The fraction of sp³-hybridized carbons (Fsp3) is 0.333. The lowest BCUT2D eigenvalue weighted by Crippen LogP contribution is -2.44. The Morgan fingerprint density at radius 1 is 1.13 bits per heavy atom. The summed E-state index contributed by atoms with van der Waals surface area (Å²) in [6, 6.07) is 13.5. The number of hydrogen-bond acceptors (Lipinski definition) is 7. The molecule has 0 saturated carbocycles. The average molecular weight is 458 g/mol. The van der Waals surface area contributed by atoms with Crippen molar-refractivity contribution in [3.05, 3.63) is 53.1 Å². The maximum atomic E-state index is 12.7. The standard InChI is InChI=1S/C21H24ClN7OS/c1-15-5-3-4-6-18(15)29-21(24-25-26-29)31-14-20(30)23-17-13-16(22)7-8-19(17)28-11-9-27(2)10-12-28/h3-8,13H,9-12,14H2,1-2H3,(H,23,30). The highest BCUT2D eigenvalue weighted by Gasteiger charge is 2.19. The molecule has 0 bridgehead atoms. The number of thioether (sulfide) groups is 1. The van der Waals surface area contributed by atoms with Gasteiger partial charge < -0.3 is 15.1 Å². The third kappa shape index (κ3) is 5.17. The van der Waals surface area contributed by atoms with E-state index >= 15 is 0 Å². The molecule has 4 rings (SSSR count). The van der Waals surface area contributed by atoms with E-state index in [1.54, 1.807) is 10.7 Å². The molecule has 1 aromatic heterocycles. The fourth-order valence-electron chi connectivity index (χ4n) is 3.47. The van der Waals surface area contributed by atoms with Crippen molar-refractivity contribution in [1.29, 1.82) is 0 Å². The number of hydrogen-bond donors (Lipinski definition) is 1. The Bertz CT molecular complexity index is 1070. The van der Waals surface area contributed by atoms with Crippen LogP contribution in [0.15, 0.2) is 47.6 Å². The summed E-state index contributed by atoms with van der Waals surface area (Å²) in [4.78, 5) is 17.3. The Morgan fingerprint density at radius 2 is 1.90 bits per heavy atom. The van der Waals surface area contributed by atoms with Crippen LogP contribution < -0.4 is 10.2 Å². The molecule has 0 atom stereocenters. The van der Waals surface area contributed by atoms with E-state index in [1.165, 1.54) is 11.8 Å². The van der Waals surface area contributed by atoms with E-state index in [1.807, 2.05) is 43.3 Å². The summed E-state index contributed by atoms with van der Waals surface area (Å²) in [5.74, 6) is 0.0444. The molecule has 0 unspecified atom stereocenters. The summed E-state index contributed by atoms with van der Waals surface area (Å²) >= 11 is 7.50. The third-order valence-electron chi connectivity index (χ3n) is 5.19. The number of carbonyl (C=O) groups is 1. The van der Waals surface area contributed by atoms with Gasteiger partial charge in [0.15, 0.2) is 0 Å². The molecule has 0 spiro atoms. The van der Waals surface area contributed by atoms with Gasteiger partial charge in [-0.15, -0.1) is 5.10 Å². The predicted molar refractivity (Wildman–Crippen MR) is 124 cm³/mol. The van der Waals surface area contributed by atoms with E-state index in [0.717, 1.165) is 48.8 Å². The molecule has 2 heterocycles. The lowest BCUT2D eigenvalue weighted by atomic mass is 10.2. The molecule has 1 N–H and O–H groups in total. The van der Waals surface area contributed by atoms with Crippen molar-refractivity contribution in [2.45, 2.75) is 12.1 Å². The Kier molecular flexibility index (Phi) is 6.74. The molecule has 0 radical (unpaired) electrons. The van der Waals surface area contributed by atoms with Crippen molar-refractivity contribution >= 4 is 40.6 Å². The maximum Gasteiger partial charge on any atom is 0.234 e. The van der Waals surface area contributed by atoms with Gasteiger partial charge in [0, 0.05) is 31.2 Å². The van der Waals surface area contributed by atoms with Crippen molar-refractivity contribution in [3.63, 3.8) is 0 Å². The first-order valence-corrected chi connectivity index (χ1v) is 11.4. The number of nitrogens with one attached hydrogen (secondary N) is 1. The summed E-state index contributed by atoms with van der Waals surface area (Å²) in [6.07, 6.45) is 0. The van der Waals surface area contributed by atoms with Gasteiger partial charge in [0.2, 0.25) is 11.1 Å². The summed E-state index contributed by atoms with van der Waals surface area (Å²) in [5.41, 5.74) is 3.65. The monoisotopic (exact) mass is 457 g/mol. The minimum atomic E-state index is -0.137. The molecule has 10 heteroatoms. The van der Waals surface area contributed by atoms with Crippen molar-refractivity contribution in [3.8, 4) is 5.69 Å². The lowest BCUT2D eigenvalue weighted by molar-refractivity contribution is -0.113. The maximum absolute atomic E-state index is 12.7. The third-order valence-corrected chi connectivity index (χ3v) is 6.35. The van der Waals surface area contributed by atoms with Crippen LogP contribution in [0.5, 0.6) is 0 Å². The quantitative estimate of drug-likeness (QED) is 0.569. The number of piperazine rings is 1. The highest BCUT2D eigenvalue weighted by atomic mass is 35.5. The minimum Gasteiger partial charge on any atom is -0.367 e. The number of aromatic nitrogens is 4. The molecule has 8 nitrogen and oxygen atoms in total. The lowest BCUT2D eigenvalue weighted by Gasteiger charge is -2.35. The van der Waals surface area contributed by atoms with E-state index in [0.29, 0.717) is 10.2 Å². The largest absolute Gasteiger partial charge is 0.367 e. The van der Waals surface area contributed by atoms with E-state index in [9.17, 15) is 4.79 Å². The first-order valence-electron chi connectivity index (χ1n) is 10.0. The number of aryl methyl sites for hydroxylation is 1. The minimum absolute atomic E-state index is 0.137. The fourth-order valence-corrected chi connectivity index (χ4v) is 4.32. The smallest absolute Gasteiger partial charge is 0.234 e. The molecule has 1 amide bonds. The van der Waals surface area contributed by atoms with Crippen molar-refractivity contribution in [2.75, 3.05) is 49.2 Å². The molecule has 1 saturated heterocycles. The number of halogens is 1. The number of carbonyl (C=O) groups excluding carboxylic acids is 1. The van der Waals surface area contributed by atoms with Crippen LogP contribution >= 0.6 is 23.4 Å². The number of amides is 1. The summed E-state index contributed by atoms with van der Waals surface area (Å²) < 4.78 is 1.66. The Morgan fingerprint density at radius 3 is 2.68 bits per heavy atom. The normalized spacial score (nSPS) is 14.6. The first kappa shape index (κ1) is 21.6. The van der Waals surface area contributed by atoms with Crippen molar-refractivity contribution in [1.82, 2.24) is 25.1 Å². The topological polar surface area (TPSA) is 79.2 Å². The zero-order chi connectivity index (χ0) is 21.8. The molecule has 1 aliphatic heterocycles. The molecule has 2 aromatic carbocycles. The number of tetrazole rings is 1. The number of benzene rings is 2. The van der Waals surface area contributed by atoms with Crippen LogP contribution in [0, 0.1) is 6.92 Å². The van der Waals surface area contributed by atoms with Gasteiger partial charge in [-0.2, -0.15) is 4.68 Å². The molecular weight excluding hydrogens is 434 g/mol. The summed E-state index contributed by atoms with van der Waals surface area (Å²) in [6.45, 7) is 5.76. The van der Waals surface area contributed by atoms with Gasteiger partial charge in [0.05, 0.1) is 22.8 Å². The second-order valence-corrected chi connectivity index (χ2v) is 8.83. The van der Waals surface area contributed by atoms with Crippen LogP contribution in [0.25, 0.3) is 5.69 Å².